The van der Waals surface area contributed by atoms with Gasteiger partial charge in [-0.1, -0.05) is 62.4 Å². The van der Waals surface area contributed by atoms with E-state index >= 15 is 0 Å². The molecule has 1 heterocycles. The molecule has 1 unspecified atom stereocenters. The lowest BCUT2D eigenvalue weighted by Gasteiger charge is -2.16. The second kappa shape index (κ2) is 9.58. The molecule has 0 aliphatic rings. The lowest BCUT2D eigenvalue weighted by Crippen LogP contribution is -2.12. The average molecular weight is 429 g/mol. The predicted molar refractivity (Wildman–Crippen MR) is 130 cm³/mol. The van der Waals surface area contributed by atoms with Crippen molar-refractivity contribution >= 4 is 11.0 Å². The van der Waals surface area contributed by atoms with Gasteiger partial charge in [0.1, 0.15) is 17.7 Å². The molecule has 1 atom stereocenters. The zero-order valence-electron chi connectivity index (χ0n) is 19.4. The lowest BCUT2D eigenvalue weighted by atomic mass is 10.0. The molecule has 4 aromatic rings. The van der Waals surface area contributed by atoms with Gasteiger partial charge in [-0.3, -0.25) is 0 Å². The highest BCUT2D eigenvalue weighted by Crippen LogP contribution is 2.29. The van der Waals surface area contributed by atoms with Crippen molar-refractivity contribution in [2.75, 3.05) is 6.61 Å². The molecule has 0 saturated carbocycles. The van der Waals surface area contributed by atoms with Gasteiger partial charge in [-0.15, -0.1) is 0 Å². The van der Waals surface area contributed by atoms with E-state index in [1.807, 2.05) is 42.5 Å². The summed E-state index contributed by atoms with van der Waals surface area (Å²) in [6, 6.07) is 22.3. The van der Waals surface area contributed by atoms with E-state index in [4.69, 9.17) is 9.72 Å². The number of benzene rings is 3. The maximum atomic E-state index is 11.1. The number of nitrogens with zero attached hydrogens (tertiary/aromatic N) is 2. The van der Waals surface area contributed by atoms with Crippen LogP contribution in [0.15, 0.2) is 66.7 Å². The van der Waals surface area contributed by atoms with Gasteiger partial charge in [-0.25, -0.2) is 4.98 Å². The number of rotatable bonds is 8. The Kier molecular flexibility index (Phi) is 6.61. The van der Waals surface area contributed by atoms with Crippen molar-refractivity contribution in [3.8, 4) is 5.75 Å². The van der Waals surface area contributed by atoms with Crippen molar-refractivity contribution in [3.05, 3.63) is 94.8 Å². The van der Waals surface area contributed by atoms with Crippen LogP contribution in [0.4, 0.5) is 0 Å². The van der Waals surface area contributed by atoms with Gasteiger partial charge in [0, 0.05) is 6.54 Å². The smallest absolute Gasteiger partial charge is 0.143 e. The molecule has 1 N–H and O–H groups in total. The summed E-state index contributed by atoms with van der Waals surface area (Å²) in [5, 5.41) is 11.1. The molecule has 0 radical (unpaired) electrons. The van der Waals surface area contributed by atoms with Gasteiger partial charge in [0.05, 0.1) is 17.6 Å². The minimum Gasteiger partial charge on any atom is -0.493 e. The van der Waals surface area contributed by atoms with E-state index in [9.17, 15) is 5.11 Å². The van der Waals surface area contributed by atoms with Crippen LogP contribution >= 0.6 is 0 Å². The first-order valence-electron chi connectivity index (χ1n) is 11.4. The maximum absolute atomic E-state index is 11.1. The van der Waals surface area contributed by atoms with Crippen LogP contribution in [-0.4, -0.2) is 21.3 Å². The molecule has 4 rings (SSSR count). The van der Waals surface area contributed by atoms with Crippen LogP contribution in [0.1, 0.15) is 60.4 Å². The third kappa shape index (κ3) is 4.56. The minimum atomic E-state index is -0.771. The summed E-state index contributed by atoms with van der Waals surface area (Å²) >= 11 is 0. The van der Waals surface area contributed by atoms with E-state index in [0.717, 1.165) is 35.3 Å². The third-order valence-electron chi connectivity index (χ3n) is 6.08. The highest BCUT2D eigenvalue weighted by Gasteiger charge is 2.20. The van der Waals surface area contributed by atoms with Gasteiger partial charge in [0.2, 0.25) is 0 Å². The largest absolute Gasteiger partial charge is 0.493 e. The van der Waals surface area contributed by atoms with Crippen LogP contribution in [0.5, 0.6) is 5.75 Å². The standard InChI is InChI=1S/C28H32N2O2/c1-19(2)23-13-8-9-14-26(23)32-16-10-15-30-25-18-21(4)20(3)17-24(25)29-28(30)27(31)22-11-6-5-7-12-22/h5-9,11-14,17-19,27,31H,10,15-16H2,1-4H3. The van der Waals surface area contributed by atoms with Gasteiger partial charge < -0.3 is 14.4 Å². The van der Waals surface area contributed by atoms with Crippen LogP contribution in [0.2, 0.25) is 0 Å². The van der Waals surface area contributed by atoms with E-state index in [0.29, 0.717) is 18.3 Å². The predicted octanol–water partition coefficient (Wildman–Crippen LogP) is 6.33. The van der Waals surface area contributed by atoms with Crippen molar-refractivity contribution in [2.24, 2.45) is 0 Å². The Labute approximate surface area is 190 Å². The number of fused-ring (bicyclic) bond motifs is 1. The van der Waals surface area contributed by atoms with E-state index in [-0.39, 0.29) is 0 Å². The molecule has 4 heteroatoms. The summed E-state index contributed by atoms with van der Waals surface area (Å²) in [7, 11) is 0. The molecular weight excluding hydrogens is 396 g/mol. The number of ether oxygens (including phenoxy) is 1. The van der Waals surface area contributed by atoms with Crippen LogP contribution in [0.25, 0.3) is 11.0 Å². The van der Waals surface area contributed by atoms with Gasteiger partial charge in [-0.05, 0) is 66.6 Å². The van der Waals surface area contributed by atoms with Crippen molar-refractivity contribution in [1.82, 2.24) is 9.55 Å². The zero-order chi connectivity index (χ0) is 22.7. The molecule has 0 fully saturated rings. The summed E-state index contributed by atoms with van der Waals surface area (Å²) in [4.78, 5) is 4.84. The molecule has 0 aliphatic carbocycles. The SMILES string of the molecule is Cc1cc2nc(C(O)c3ccccc3)n(CCCOc3ccccc3C(C)C)c2cc1C. The number of aliphatic hydroxyl groups is 1. The number of hydrogen-bond donors (Lipinski definition) is 1. The van der Waals surface area contributed by atoms with Gasteiger partial charge >= 0.3 is 0 Å². The lowest BCUT2D eigenvalue weighted by molar-refractivity contribution is 0.203. The molecular formula is C28H32N2O2. The van der Waals surface area contributed by atoms with E-state index in [1.54, 1.807) is 0 Å². The Balaban J connectivity index is 1.59. The maximum Gasteiger partial charge on any atom is 0.143 e. The third-order valence-corrected chi connectivity index (χ3v) is 6.08. The van der Waals surface area contributed by atoms with Crippen LogP contribution in [0.3, 0.4) is 0 Å². The Morgan fingerprint density at radius 2 is 1.62 bits per heavy atom. The summed E-state index contributed by atoms with van der Waals surface area (Å²) in [5.74, 6) is 2.05. The van der Waals surface area contributed by atoms with Crippen LogP contribution < -0.4 is 4.74 Å². The molecule has 1 aromatic heterocycles. The van der Waals surface area contributed by atoms with Crippen molar-refractivity contribution in [2.45, 2.75) is 52.7 Å². The second-order valence-electron chi connectivity index (χ2n) is 8.75. The van der Waals surface area contributed by atoms with Gasteiger partial charge in [0.25, 0.3) is 0 Å². The molecule has 166 valence electrons. The summed E-state index contributed by atoms with van der Waals surface area (Å²) in [5.41, 5.74) is 6.48. The van der Waals surface area contributed by atoms with Gasteiger partial charge in [0.15, 0.2) is 0 Å². The molecule has 3 aromatic carbocycles. The molecule has 0 saturated heterocycles. The van der Waals surface area contributed by atoms with Crippen molar-refractivity contribution in [3.63, 3.8) is 0 Å². The van der Waals surface area contributed by atoms with E-state index in [2.05, 4.69) is 56.5 Å². The van der Waals surface area contributed by atoms with E-state index in [1.165, 1.54) is 16.7 Å². The Morgan fingerprint density at radius 3 is 2.38 bits per heavy atom. The summed E-state index contributed by atoms with van der Waals surface area (Å²) < 4.78 is 8.29. The van der Waals surface area contributed by atoms with Crippen molar-refractivity contribution < 1.29 is 9.84 Å². The normalized spacial score (nSPS) is 12.4. The highest BCUT2D eigenvalue weighted by atomic mass is 16.5. The Bertz CT molecular complexity index is 1200. The summed E-state index contributed by atoms with van der Waals surface area (Å²) in [6.45, 7) is 9.91. The first-order valence-corrected chi connectivity index (χ1v) is 11.4. The van der Waals surface area contributed by atoms with Crippen LogP contribution in [0, 0.1) is 13.8 Å². The van der Waals surface area contributed by atoms with Gasteiger partial charge in [-0.2, -0.15) is 0 Å². The number of imidazole rings is 1. The fourth-order valence-electron chi connectivity index (χ4n) is 4.12. The molecule has 4 nitrogen and oxygen atoms in total. The Morgan fingerprint density at radius 1 is 0.938 bits per heavy atom. The highest BCUT2D eigenvalue weighted by molar-refractivity contribution is 5.78. The number of hydrogen-bond acceptors (Lipinski definition) is 3. The van der Waals surface area contributed by atoms with Crippen LogP contribution in [-0.2, 0) is 6.54 Å². The topological polar surface area (TPSA) is 47.3 Å². The number of para-hydroxylation sites is 1. The fourth-order valence-corrected chi connectivity index (χ4v) is 4.12. The Hall–Kier alpha value is -3.11. The molecule has 0 bridgehead atoms. The first-order chi connectivity index (χ1) is 15.5. The number of aromatic nitrogens is 2. The first kappa shape index (κ1) is 22.1. The average Bonchev–Trinajstić information content (AvgIpc) is 3.14. The minimum absolute atomic E-state index is 0.419. The quantitative estimate of drug-likeness (QED) is 0.334. The van der Waals surface area contributed by atoms with Crippen molar-refractivity contribution in [1.29, 1.82) is 0 Å². The molecule has 32 heavy (non-hydrogen) atoms. The number of aliphatic hydroxyl groups excluding tert-OH is 1. The zero-order valence-corrected chi connectivity index (χ0v) is 19.4. The second-order valence-corrected chi connectivity index (χ2v) is 8.75. The number of aryl methyl sites for hydroxylation is 3. The fraction of sp³-hybridized carbons (Fsp3) is 0.321. The molecule has 0 aliphatic heterocycles. The molecule has 0 spiro atoms. The molecule has 0 amide bonds. The summed E-state index contributed by atoms with van der Waals surface area (Å²) in [6.07, 6.45) is 0.0473. The van der Waals surface area contributed by atoms with E-state index < -0.39 is 6.10 Å². The monoisotopic (exact) mass is 428 g/mol.